The molecule has 4 nitrogen and oxygen atoms in total. The fraction of sp³-hybridized carbons (Fsp3) is 0.0769. The number of hydrogen-bond donors (Lipinski definition) is 2. The van der Waals surface area contributed by atoms with Crippen molar-refractivity contribution >= 4 is 17.5 Å². The van der Waals surface area contributed by atoms with Gasteiger partial charge in [0.05, 0.1) is 5.56 Å². The fourth-order valence-corrected chi connectivity index (χ4v) is 1.51. The van der Waals surface area contributed by atoms with Crippen molar-refractivity contribution in [1.82, 2.24) is 4.98 Å². The molecule has 0 unspecified atom stereocenters. The van der Waals surface area contributed by atoms with E-state index < -0.39 is 5.97 Å². The molecule has 5 heteroatoms. The highest BCUT2D eigenvalue weighted by Gasteiger charge is 2.07. The first kappa shape index (κ1) is 12.0. The van der Waals surface area contributed by atoms with E-state index >= 15 is 0 Å². The number of nitrogens with zero attached hydrogens (tertiary/aromatic N) is 1. The lowest BCUT2D eigenvalue weighted by molar-refractivity contribution is 0.0697. The topological polar surface area (TPSA) is 62.2 Å². The Morgan fingerprint density at radius 3 is 2.89 bits per heavy atom. The van der Waals surface area contributed by atoms with Crippen LogP contribution in [0.1, 0.15) is 15.9 Å². The Kier molecular flexibility index (Phi) is 3.23. The summed E-state index contributed by atoms with van der Waals surface area (Å²) in [5.74, 6) is -0.991. The van der Waals surface area contributed by atoms with Crippen LogP contribution < -0.4 is 5.32 Å². The third-order valence-electron chi connectivity index (χ3n) is 2.54. The van der Waals surface area contributed by atoms with E-state index in [0.717, 1.165) is 0 Å². The van der Waals surface area contributed by atoms with Crippen LogP contribution in [0.5, 0.6) is 0 Å². The van der Waals surface area contributed by atoms with Gasteiger partial charge in [-0.2, -0.15) is 0 Å². The first-order valence-corrected chi connectivity index (χ1v) is 5.29. The van der Waals surface area contributed by atoms with Crippen molar-refractivity contribution in [2.75, 3.05) is 5.32 Å². The molecule has 0 radical (unpaired) electrons. The van der Waals surface area contributed by atoms with Gasteiger partial charge in [-0.15, -0.1) is 0 Å². The predicted octanol–water partition coefficient (Wildman–Crippen LogP) is 2.97. The first-order valence-electron chi connectivity index (χ1n) is 5.29. The second-order valence-corrected chi connectivity index (χ2v) is 3.77. The molecule has 1 aromatic heterocycles. The number of benzene rings is 1. The van der Waals surface area contributed by atoms with Crippen molar-refractivity contribution in [3.63, 3.8) is 0 Å². The van der Waals surface area contributed by atoms with Gasteiger partial charge in [-0.25, -0.2) is 14.2 Å². The van der Waals surface area contributed by atoms with Gasteiger partial charge in [0.25, 0.3) is 0 Å². The second-order valence-electron chi connectivity index (χ2n) is 3.77. The minimum Gasteiger partial charge on any atom is -0.478 e. The van der Waals surface area contributed by atoms with Crippen LogP contribution in [0.25, 0.3) is 0 Å². The molecule has 0 bridgehead atoms. The fourth-order valence-electron chi connectivity index (χ4n) is 1.51. The van der Waals surface area contributed by atoms with Crippen molar-refractivity contribution in [2.45, 2.75) is 6.92 Å². The molecule has 2 N–H and O–H groups in total. The normalized spacial score (nSPS) is 10.1. The number of aromatic carboxylic acids is 1. The molecule has 1 heterocycles. The molecule has 0 atom stereocenters. The van der Waals surface area contributed by atoms with E-state index in [2.05, 4.69) is 10.3 Å². The smallest absolute Gasteiger partial charge is 0.335 e. The van der Waals surface area contributed by atoms with E-state index in [-0.39, 0.29) is 11.4 Å². The highest BCUT2D eigenvalue weighted by Crippen LogP contribution is 2.21. The zero-order chi connectivity index (χ0) is 13.1. The Hall–Kier alpha value is -2.43. The predicted molar refractivity (Wildman–Crippen MR) is 65.6 cm³/mol. The molecular weight excluding hydrogens is 235 g/mol. The van der Waals surface area contributed by atoms with Crippen LogP contribution in [0.2, 0.25) is 0 Å². The van der Waals surface area contributed by atoms with Crippen LogP contribution in [0.15, 0.2) is 36.5 Å². The maximum absolute atomic E-state index is 13.3. The summed E-state index contributed by atoms with van der Waals surface area (Å²) in [6, 6.07) is 7.43. The SMILES string of the molecule is Cc1c(F)cccc1Nc1cc(C(=O)O)ccn1. The Bertz CT molecular complexity index is 599. The van der Waals surface area contributed by atoms with Gasteiger partial charge in [-0.1, -0.05) is 6.07 Å². The van der Waals surface area contributed by atoms with E-state index in [0.29, 0.717) is 17.1 Å². The number of halogens is 1. The average Bonchev–Trinajstić information content (AvgIpc) is 2.35. The molecule has 2 rings (SSSR count). The van der Waals surface area contributed by atoms with Crippen LogP contribution >= 0.6 is 0 Å². The molecule has 0 amide bonds. The molecule has 0 aliphatic carbocycles. The molecule has 0 saturated carbocycles. The Labute approximate surface area is 103 Å². The van der Waals surface area contributed by atoms with E-state index in [1.165, 1.54) is 24.4 Å². The maximum Gasteiger partial charge on any atom is 0.335 e. The molecular formula is C13H11FN2O2. The Morgan fingerprint density at radius 1 is 1.39 bits per heavy atom. The number of carboxylic acids is 1. The van der Waals surface area contributed by atoms with Crippen LogP contribution in [0.3, 0.4) is 0 Å². The average molecular weight is 246 g/mol. The van der Waals surface area contributed by atoms with Crippen molar-refractivity contribution in [3.05, 3.63) is 53.5 Å². The third kappa shape index (κ3) is 2.45. The largest absolute Gasteiger partial charge is 0.478 e. The van der Waals surface area contributed by atoms with E-state index in [4.69, 9.17) is 5.11 Å². The maximum atomic E-state index is 13.3. The molecule has 18 heavy (non-hydrogen) atoms. The van der Waals surface area contributed by atoms with Crippen LogP contribution in [-0.4, -0.2) is 16.1 Å². The number of carbonyl (C=O) groups is 1. The monoisotopic (exact) mass is 246 g/mol. The summed E-state index contributed by atoms with van der Waals surface area (Å²) in [7, 11) is 0. The van der Waals surface area contributed by atoms with Crippen molar-refractivity contribution in [2.24, 2.45) is 0 Å². The number of aromatic nitrogens is 1. The Morgan fingerprint density at radius 2 is 2.17 bits per heavy atom. The van der Waals surface area contributed by atoms with Gasteiger partial charge in [0.2, 0.25) is 0 Å². The highest BCUT2D eigenvalue weighted by atomic mass is 19.1. The van der Waals surface area contributed by atoms with Crippen LogP contribution in [-0.2, 0) is 0 Å². The summed E-state index contributed by atoms with van der Waals surface area (Å²) in [5, 5.41) is 11.8. The van der Waals surface area contributed by atoms with Crippen molar-refractivity contribution in [1.29, 1.82) is 0 Å². The van der Waals surface area contributed by atoms with E-state index in [1.807, 2.05) is 0 Å². The quantitative estimate of drug-likeness (QED) is 0.874. The third-order valence-corrected chi connectivity index (χ3v) is 2.54. The van der Waals surface area contributed by atoms with Gasteiger partial charge in [0.1, 0.15) is 11.6 Å². The Balaban J connectivity index is 2.31. The molecule has 0 saturated heterocycles. The van der Waals surface area contributed by atoms with E-state index in [9.17, 15) is 9.18 Å². The second kappa shape index (κ2) is 4.83. The summed E-state index contributed by atoms with van der Waals surface area (Å²) >= 11 is 0. The molecule has 0 spiro atoms. The lowest BCUT2D eigenvalue weighted by atomic mass is 10.2. The van der Waals surface area contributed by atoms with E-state index in [1.54, 1.807) is 19.1 Å². The standard InChI is InChI=1S/C13H11FN2O2/c1-8-10(14)3-2-4-11(8)16-12-7-9(13(17)18)5-6-15-12/h2-7H,1H3,(H,15,16)(H,17,18). The molecule has 2 aromatic rings. The van der Waals surface area contributed by atoms with Gasteiger partial charge < -0.3 is 10.4 Å². The number of nitrogens with one attached hydrogen (secondary N) is 1. The zero-order valence-corrected chi connectivity index (χ0v) is 9.64. The number of rotatable bonds is 3. The first-order chi connectivity index (χ1) is 8.58. The number of anilines is 2. The van der Waals surface area contributed by atoms with Crippen LogP contribution in [0, 0.1) is 12.7 Å². The zero-order valence-electron chi connectivity index (χ0n) is 9.64. The van der Waals surface area contributed by atoms with Gasteiger partial charge in [-0.05, 0) is 31.2 Å². The minimum atomic E-state index is -1.03. The van der Waals surface area contributed by atoms with Crippen molar-refractivity contribution < 1.29 is 14.3 Å². The molecule has 92 valence electrons. The summed E-state index contributed by atoms with van der Waals surface area (Å²) < 4.78 is 13.3. The molecule has 1 aromatic carbocycles. The summed E-state index contributed by atoms with van der Waals surface area (Å²) in [6.07, 6.45) is 1.39. The summed E-state index contributed by atoms with van der Waals surface area (Å²) in [4.78, 5) is 14.8. The number of pyridine rings is 1. The molecule has 0 fully saturated rings. The number of hydrogen-bond acceptors (Lipinski definition) is 3. The van der Waals surface area contributed by atoms with Crippen LogP contribution in [0.4, 0.5) is 15.9 Å². The highest BCUT2D eigenvalue weighted by molar-refractivity contribution is 5.88. The van der Waals surface area contributed by atoms with Gasteiger partial charge in [0.15, 0.2) is 0 Å². The number of carboxylic acid groups (broad SMARTS) is 1. The lowest BCUT2D eigenvalue weighted by Gasteiger charge is -2.09. The molecule has 0 aliphatic heterocycles. The van der Waals surface area contributed by atoms with Gasteiger partial charge in [0, 0.05) is 17.4 Å². The molecule has 0 aliphatic rings. The van der Waals surface area contributed by atoms with Gasteiger partial charge >= 0.3 is 5.97 Å². The van der Waals surface area contributed by atoms with Crippen molar-refractivity contribution in [3.8, 4) is 0 Å². The summed E-state index contributed by atoms with van der Waals surface area (Å²) in [5.41, 5.74) is 1.15. The lowest BCUT2D eigenvalue weighted by Crippen LogP contribution is -2.01. The summed E-state index contributed by atoms with van der Waals surface area (Å²) in [6.45, 7) is 1.64. The minimum absolute atomic E-state index is 0.126. The van der Waals surface area contributed by atoms with Gasteiger partial charge in [-0.3, -0.25) is 0 Å².